The largest absolute Gasteiger partial charge is 0.343 e. The highest BCUT2D eigenvalue weighted by Crippen LogP contribution is 2.19. The fourth-order valence-electron chi connectivity index (χ4n) is 2.77. The predicted molar refractivity (Wildman–Crippen MR) is 101 cm³/mol. The Kier molecular flexibility index (Phi) is 4.84. The van der Waals surface area contributed by atoms with Crippen LogP contribution in [0.3, 0.4) is 0 Å². The Morgan fingerprint density at radius 3 is 2.42 bits per heavy atom. The van der Waals surface area contributed by atoms with Crippen LogP contribution in [-0.4, -0.2) is 23.3 Å². The van der Waals surface area contributed by atoms with Gasteiger partial charge < -0.3 is 15.6 Å². The van der Waals surface area contributed by atoms with E-state index in [2.05, 4.69) is 15.6 Å². The number of hydrogen-bond donors (Lipinski definition) is 3. The van der Waals surface area contributed by atoms with Crippen LogP contribution in [0.15, 0.2) is 53.3 Å². The highest BCUT2D eigenvalue weighted by molar-refractivity contribution is 6.01. The molecule has 1 aromatic heterocycles. The molecule has 26 heavy (non-hydrogen) atoms. The molecule has 132 valence electrons. The minimum absolute atomic E-state index is 0.0245. The summed E-state index contributed by atoms with van der Waals surface area (Å²) in [6.45, 7) is 3.57. The number of benzene rings is 2. The molecule has 0 spiro atoms. The first-order valence-corrected chi connectivity index (χ1v) is 8.22. The molecule has 0 saturated heterocycles. The monoisotopic (exact) mass is 349 g/mol. The molecule has 6 nitrogen and oxygen atoms in total. The topological polar surface area (TPSA) is 91.1 Å². The first-order valence-electron chi connectivity index (χ1n) is 8.22. The summed E-state index contributed by atoms with van der Waals surface area (Å²) in [7, 11) is 0. The van der Waals surface area contributed by atoms with Crippen molar-refractivity contribution in [3.05, 3.63) is 75.6 Å². The van der Waals surface area contributed by atoms with Crippen molar-refractivity contribution in [2.45, 2.75) is 13.8 Å². The van der Waals surface area contributed by atoms with E-state index in [1.807, 2.05) is 38.1 Å². The summed E-state index contributed by atoms with van der Waals surface area (Å²) in [5.41, 5.74) is 2.75. The molecule has 2 amide bonds. The van der Waals surface area contributed by atoms with Gasteiger partial charge in [0.15, 0.2) is 0 Å². The summed E-state index contributed by atoms with van der Waals surface area (Å²) in [5, 5.41) is 6.03. The van der Waals surface area contributed by atoms with Crippen LogP contribution in [0.4, 0.5) is 5.69 Å². The third-order valence-electron chi connectivity index (χ3n) is 4.15. The van der Waals surface area contributed by atoms with Crippen LogP contribution in [0.5, 0.6) is 0 Å². The number of anilines is 1. The number of aromatic amines is 1. The van der Waals surface area contributed by atoms with E-state index in [4.69, 9.17) is 0 Å². The number of aromatic nitrogens is 1. The summed E-state index contributed by atoms with van der Waals surface area (Å²) >= 11 is 0. The predicted octanol–water partition coefficient (Wildman–Crippen LogP) is 2.51. The molecule has 3 rings (SSSR count). The second-order valence-electron chi connectivity index (χ2n) is 6.10. The van der Waals surface area contributed by atoms with Gasteiger partial charge in [-0.3, -0.25) is 14.4 Å². The number of carbonyl (C=O) groups excluding carboxylic acids is 2. The maximum absolute atomic E-state index is 12.3. The Morgan fingerprint density at radius 2 is 1.69 bits per heavy atom. The maximum Gasteiger partial charge on any atom is 0.261 e. The van der Waals surface area contributed by atoms with Crippen molar-refractivity contribution in [3.63, 3.8) is 0 Å². The molecular weight excluding hydrogens is 330 g/mol. The number of fused-ring (bicyclic) bond motifs is 1. The van der Waals surface area contributed by atoms with Crippen molar-refractivity contribution in [1.29, 1.82) is 0 Å². The molecule has 1 heterocycles. The van der Waals surface area contributed by atoms with Gasteiger partial charge in [0.05, 0.1) is 6.54 Å². The Hall–Kier alpha value is -3.41. The normalized spacial score (nSPS) is 10.5. The third kappa shape index (κ3) is 3.64. The van der Waals surface area contributed by atoms with Crippen LogP contribution < -0.4 is 16.2 Å². The van der Waals surface area contributed by atoms with Crippen molar-refractivity contribution in [1.82, 2.24) is 10.3 Å². The number of nitrogens with one attached hydrogen (secondary N) is 3. The Morgan fingerprint density at radius 1 is 1.00 bits per heavy atom. The van der Waals surface area contributed by atoms with Crippen LogP contribution in [0.2, 0.25) is 0 Å². The molecule has 0 radical (unpaired) electrons. The van der Waals surface area contributed by atoms with Gasteiger partial charge in [0.1, 0.15) is 5.56 Å². The summed E-state index contributed by atoms with van der Waals surface area (Å²) < 4.78 is 0. The molecule has 0 unspecified atom stereocenters. The van der Waals surface area contributed by atoms with Crippen LogP contribution in [0.1, 0.15) is 21.5 Å². The third-order valence-corrected chi connectivity index (χ3v) is 4.15. The van der Waals surface area contributed by atoms with Gasteiger partial charge in [-0.05, 0) is 42.5 Å². The smallest absolute Gasteiger partial charge is 0.261 e. The lowest BCUT2D eigenvalue weighted by Gasteiger charge is -2.12. The van der Waals surface area contributed by atoms with Gasteiger partial charge in [0.2, 0.25) is 5.91 Å². The van der Waals surface area contributed by atoms with E-state index in [0.29, 0.717) is 5.52 Å². The lowest BCUT2D eigenvalue weighted by molar-refractivity contribution is -0.115. The fourth-order valence-corrected chi connectivity index (χ4v) is 2.77. The molecule has 3 aromatic rings. The number of aryl methyl sites for hydroxylation is 2. The number of hydrogen-bond acceptors (Lipinski definition) is 3. The minimum Gasteiger partial charge on any atom is -0.343 e. The van der Waals surface area contributed by atoms with Crippen LogP contribution in [-0.2, 0) is 4.79 Å². The second-order valence-corrected chi connectivity index (χ2v) is 6.10. The van der Waals surface area contributed by atoms with Crippen molar-refractivity contribution in [2.75, 3.05) is 11.9 Å². The molecule has 0 aliphatic heterocycles. The highest BCUT2D eigenvalue weighted by atomic mass is 16.2. The van der Waals surface area contributed by atoms with E-state index in [1.165, 1.54) is 6.07 Å². The van der Waals surface area contributed by atoms with Gasteiger partial charge in [-0.2, -0.15) is 0 Å². The van der Waals surface area contributed by atoms with Gasteiger partial charge in [-0.1, -0.05) is 36.4 Å². The summed E-state index contributed by atoms with van der Waals surface area (Å²) in [4.78, 5) is 39.2. The van der Waals surface area contributed by atoms with Crippen molar-refractivity contribution >= 4 is 28.4 Å². The average molecular weight is 349 g/mol. The Bertz CT molecular complexity index is 1030. The molecule has 3 N–H and O–H groups in total. The lowest BCUT2D eigenvalue weighted by atomic mass is 10.1. The van der Waals surface area contributed by atoms with Crippen LogP contribution in [0, 0.1) is 13.8 Å². The summed E-state index contributed by atoms with van der Waals surface area (Å²) in [6.07, 6.45) is 0. The fraction of sp³-hybridized carbons (Fsp3) is 0.150. The van der Waals surface area contributed by atoms with E-state index >= 15 is 0 Å². The first kappa shape index (κ1) is 17.4. The van der Waals surface area contributed by atoms with Gasteiger partial charge in [0.25, 0.3) is 11.5 Å². The van der Waals surface area contributed by atoms with E-state index in [-0.39, 0.29) is 18.0 Å². The molecule has 0 fully saturated rings. The first-order chi connectivity index (χ1) is 12.5. The molecular formula is C20H19N3O3. The number of rotatable bonds is 4. The average Bonchev–Trinajstić information content (AvgIpc) is 2.62. The summed E-state index contributed by atoms with van der Waals surface area (Å²) in [5.74, 6) is -0.943. The zero-order valence-corrected chi connectivity index (χ0v) is 14.6. The van der Waals surface area contributed by atoms with Crippen molar-refractivity contribution < 1.29 is 9.59 Å². The van der Waals surface area contributed by atoms with Gasteiger partial charge >= 0.3 is 0 Å². The summed E-state index contributed by atoms with van der Waals surface area (Å²) in [6, 6.07) is 14.4. The minimum atomic E-state index is -0.589. The van der Waals surface area contributed by atoms with Crippen molar-refractivity contribution in [2.24, 2.45) is 0 Å². The zero-order chi connectivity index (χ0) is 18.7. The van der Waals surface area contributed by atoms with Gasteiger partial charge in [-0.25, -0.2) is 0 Å². The maximum atomic E-state index is 12.3. The molecule has 2 aromatic carbocycles. The molecule has 0 saturated carbocycles. The molecule has 0 aliphatic carbocycles. The zero-order valence-electron chi connectivity index (χ0n) is 14.6. The van der Waals surface area contributed by atoms with Crippen molar-refractivity contribution in [3.8, 4) is 0 Å². The number of para-hydroxylation sites is 2. The number of H-pyrrole nitrogens is 1. The Balaban J connectivity index is 1.70. The lowest BCUT2D eigenvalue weighted by Crippen LogP contribution is -2.35. The molecule has 6 heteroatoms. The molecule has 0 bridgehead atoms. The number of pyridine rings is 1. The van der Waals surface area contributed by atoms with Gasteiger partial charge in [0, 0.05) is 11.2 Å². The molecule has 0 atom stereocenters. The standard InChI is InChI=1S/C20H19N3O3/c1-12-6-5-7-13(2)18(12)23-17(24)11-21-19(25)15-10-14-8-3-4-9-16(14)22-20(15)26/h3-10H,11H2,1-2H3,(H,21,25)(H,22,26)(H,23,24). The SMILES string of the molecule is Cc1cccc(C)c1NC(=O)CNC(=O)c1cc2ccccc2[nH]c1=O. The van der Waals surface area contributed by atoms with E-state index in [9.17, 15) is 14.4 Å². The second kappa shape index (κ2) is 7.23. The van der Waals surface area contributed by atoms with E-state index in [0.717, 1.165) is 22.2 Å². The molecule has 0 aliphatic rings. The van der Waals surface area contributed by atoms with E-state index < -0.39 is 11.5 Å². The van der Waals surface area contributed by atoms with Crippen LogP contribution in [0.25, 0.3) is 10.9 Å². The quantitative estimate of drug-likeness (QED) is 0.676. The highest BCUT2D eigenvalue weighted by Gasteiger charge is 2.14. The number of carbonyl (C=O) groups is 2. The Labute approximate surface area is 150 Å². The number of amides is 2. The van der Waals surface area contributed by atoms with E-state index in [1.54, 1.807) is 18.2 Å². The van der Waals surface area contributed by atoms with Crippen LogP contribution >= 0.6 is 0 Å². The van der Waals surface area contributed by atoms with Gasteiger partial charge in [-0.15, -0.1) is 0 Å².